The lowest BCUT2D eigenvalue weighted by molar-refractivity contribution is -0.0704. The van der Waals surface area contributed by atoms with Crippen molar-refractivity contribution in [3.8, 4) is 11.5 Å². The van der Waals surface area contributed by atoms with Crippen molar-refractivity contribution in [2.24, 2.45) is 0 Å². The molecule has 28 heavy (non-hydrogen) atoms. The summed E-state index contributed by atoms with van der Waals surface area (Å²) in [7, 11) is 0. The number of hydroxylamine groups is 1. The molecular weight excluding hydrogens is 358 g/mol. The SMILES string of the molecule is CC1CN(Cc2ccc(-c3nc4cc(C(=O)NO)ccc4o3)cc2)C[C@@H](C)O1. The van der Waals surface area contributed by atoms with E-state index in [9.17, 15) is 4.79 Å². The van der Waals surface area contributed by atoms with Crippen LogP contribution < -0.4 is 5.48 Å². The maximum absolute atomic E-state index is 11.5. The standard InChI is InChI=1S/C21H23N3O4/c1-13-10-24(11-14(2)27-13)12-15-3-5-16(6-4-15)21-22-18-9-17(20(25)23-26)7-8-19(18)28-21/h3-9,13-14,26H,10-12H2,1-2H3,(H,23,25)/t13-,14?/m1/s1. The van der Waals surface area contributed by atoms with Crippen LogP contribution in [0.15, 0.2) is 46.9 Å². The van der Waals surface area contributed by atoms with Crippen LogP contribution in [0.3, 0.4) is 0 Å². The monoisotopic (exact) mass is 381 g/mol. The first-order chi connectivity index (χ1) is 13.5. The van der Waals surface area contributed by atoms with Crippen molar-refractivity contribution in [3.05, 3.63) is 53.6 Å². The number of nitrogens with zero attached hydrogens (tertiary/aromatic N) is 2. The number of fused-ring (bicyclic) bond motifs is 1. The molecule has 1 aliphatic heterocycles. The predicted octanol–water partition coefficient (Wildman–Crippen LogP) is 3.22. The number of ether oxygens (including phenoxy) is 1. The van der Waals surface area contributed by atoms with Crippen molar-refractivity contribution in [1.29, 1.82) is 0 Å². The maximum Gasteiger partial charge on any atom is 0.274 e. The summed E-state index contributed by atoms with van der Waals surface area (Å²) in [5.74, 6) is -0.0840. The molecule has 1 saturated heterocycles. The molecule has 2 N–H and O–H groups in total. The number of morpholine rings is 1. The van der Waals surface area contributed by atoms with Gasteiger partial charge < -0.3 is 9.15 Å². The van der Waals surface area contributed by atoms with E-state index in [0.29, 0.717) is 22.6 Å². The summed E-state index contributed by atoms with van der Waals surface area (Å²) < 4.78 is 11.6. The molecular formula is C21H23N3O4. The van der Waals surface area contributed by atoms with Gasteiger partial charge in [0.25, 0.3) is 5.91 Å². The second kappa shape index (κ2) is 7.71. The molecule has 0 bridgehead atoms. The normalized spacial score (nSPS) is 20.4. The van der Waals surface area contributed by atoms with Crippen molar-refractivity contribution < 1.29 is 19.2 Å². The second-order valence-corrected chi connectivity index (χ2v) is 7.29. The second-order valence-electron chi connectivity index (χ2n) is 7.29. The van der Waals surface area contributed by atoms with Gasteiger partial charge in [-0.05, 0) is 49.7 Å². The van der Waals surface area contributed by atoms with Gasteiger partial charge in [0.15, 0.2) is 5.58 Å². The molecule has 4 rings (SSSR count). The van der Waals surface area contributed by atoms with E-state index >= 15 is 0 Å². The van der Waals surface area contributed by atoms with Crippen LogP contribution in [0.2, 0.25) is 0 Å². The van der Waals surface area contributed by atoms with E-state index in [1.165, 1.54) is 5.56 Å². The average molecular weight is 381 g/mol. The van der Waals surface area contributed by atoms with Crippen molar-refractivity contribution in [1.82, 2.24) is 15.4 Å². The fraction of sp³-hybridized carbons (Fsp3) is 0.333. The Morgan fingerprint density at radius 1 is 1.18 bits per heavy atom. The van der Waals surface area contributed by atoms with Gasteiger partial charge in [-0.15, -0.1) is 0 Å². The van der Waals surface area contributed by atoms with Gasteiger partial charge in [0.1, 0.15) is 5.52 Å². The van der Waals surface area contributed by atoms with Crippen LogP contribution in [-0.2, 0) is 11.3 Å². The Kier molecular flexibility index (Phi) is 5.13. The molecule has 1 aromatic heterocycles. The van der Waals surface area contributed by atoms with Crippen molar-refractivity contribution in [3.63, 3.8) is 0 Å². The molecule has 2 heterocycles. The quantitative estimate of drug-likeness (QED) is 0.533. The van der Waals surface area contributed by atoms with Gasteiger partial charge in [0.05, 0.1) is 12.2 Å². The number of carbonyl (C=O) groups excluding carboxylic acids is 1. The molecule has 1 amide bonds. The number of aromatic nitrogens is 1. The molecule has 2 atom stereocenters. The zero-order chi connectivity index (χ0) is 19.7. The van der Waals surface area contributed by atoms with Gasteiger partial charge in [0, 0.05) is 30.8 Å². The van der Waals surface area contributed by atoms with E-state index in [2.05, 4.69) is 35.9 Å². The van der Waals surface area contributed by atoms with Gasteiger partial charge >= 0.3 is 0 Å². The maximum atomic E-state index is 11.5. The molecule has 1 fully saturated rings. The molecule has 2 aromatic carbocycles. The number of amides is 1. The van der Waals surface area contributed by atoms with Crippen LogP contribution in [0, 0.1) is 0 Å². The Hall–Kier alpha value is -2.74. The average Bonchev–Trinajstić information content (AvgIpc) is 3.10. The summed E-state index contributed by atoms with van der Waals surface area (Å²) in [6.45, 7) is 6.96. The number of oxazole rings is 1. The molecule has 0 aliphatic carbocycles. The third-order valence-electron chi connectivity index (χ3n) is 4.85. The first-order valence-electron chi connectivity index (χ1n) is 9.34. The molecule has 0 saturated carbocycles. The Balaban J connectivity index is 1.51. The lowest BCUT2D eigenvalue weighted by Gasteiger charge is -2.35. The third-order valence-corrected chi connectivity index (χ3v) is 4.85. The van der Waals surface area contributed by atoms with Crippen molar-refractivity contribution >= 4 is 17.0 Å². The number of hydrogen-bond donors (Lipinski definition) is 2. The first kappa shape index (κ1) is 18.6. The van der Waals surface area contributed by atoms with Crippen LogP contribution >= 0.6 is 0 Å². The molecule has 7 heteroatoms. The summed E-state index contributed by atoms with van der Waals surface area (Å²) in [6, 6.07) is 13.0. The van der Waals surface area contributed by atoms with Crippen LogP contribution in [0.1, 0.15) is 29.8 Å². The van der Waals surface area contributed by atoms with E-state index in [4.69, 9.17) is 14.4 Å². The predicted molar refractivity (Wildman–Crippen MR) is 104 cm³/mol. The fourth-order valence-electron chi connectivity index (χ4n) is 3.68. The van der Waals surface area contributed by atoms with Crippen LogP contribution in [0.4, 0.5) is 0 Å². The highest BCUT2D eigenvalue weighted by molar-refractivity contribution is 5.96. The van der Waals surface area contributed by atoms with Crippen molar-refractivity contribution in [2.45, 2.75) is 32.6 Å². The van der Waals surface area contributed by atoms with Crippen LogP contribution in [0.5, 0.6) is 0 Å². The Bertz CT molecular complexity index is 973. The summed E-state index contributed by atoms with van der Waals surface area (Å²) >= 11 is 0. The Morgan fingerprint density at radius 3 is 2.57 bits per heavy atom. The van der Waals surface area contributed by atoms with Crippen LogP contribution in [0.25, 0.3) is 22.6 Å². The highest BCUT2D eigenvalue weighted by Gasteiger charge is 2.22. The first-order valence-corrected chi connectivity index (χ1v) is 9.34. The van der Waals surface area contributed by atoms with Gasteiger partial charge in [-0.2, -0.15) is 0 Å². The fourth-order valence-corrected chi connectivity index (χ4v) is 3.68. The molecule has 3 aromatic rings. The zero-order valence-corrected chi connectivity index (χ0v) is 15.9. The minimum Gasteiger partial charge on any atom is -0.436 e. The van der Waals surface area contributed by atoms with Crippen LogP contribution in [-0.4, -0.2) is 46.3 Å². The van der Waals surface area contributed by atoms with E-state index in [1.54, 1.807) is 23.7 Å². The smallest absolute Gasteiger partial charge is 0.274 e. The summed E-state index contributed by atoms with van der Waals surface area (Å²) in [5, 5.41) is 8.76. The minimum absolute atomic E-state index is 0.251. The number of benzene rings is 2. The van der Waals surface area contributed by atoms with E-state index in [-0.39, 0.29) is 12.2 Å². The molecule has 1 aliphatic rings. The number of carbonyl (C=O) groups is 1. The molecule has 146 valence electrons. The molecule has 0 spiro atoms. The zero-order valence-electron chi connectivity index (χ0n) is 15.9. The highest BCUT2D eigenvalue weighted by atomic mass is 16.5. The lowest BCUT2D eigenvalue weighted by Crippen LogP contribution is -2.44. The number of nitrogens with one attached hydrogen (secondary N) is 1. The van der Waals surface area contributed by atoms with Crippen molar-refractivity contribution in [2.75, 3.05) is 13.1 Å². The summed E-state index contributed by atoms with van der Waals surface area (Å²) in [5.41, 5.74) is 5.19. The van der Waals surface area contributed by atoms with Gasteiger partial charge in [0.2, 0.25) is 5.89 Å². The highest BCUT2D eigenvalue weighted by Crippen LogP contribution is 2.26. The Labute approximate surface area is 162 Å². The topological polar surface area (TPSA) is 87.8 Å². The van der Waals surface area contributed by atoms with E-state index in [1.807, 2.05) is 12.1 Å². The lowest BCUT2D eigenvalue weighted by atomic mass is 10.1. The van der Waals surface area contributed by atoms with Gasteiger partial charge in [-0.3, -0.25) is 14.9 Å². The Morgan fingerprint density at radius 2 is 1.89 bits per heavy atom. The summed E-state index contributed by atoms with van der Waals surface area (Å²) in [4.78, 5) is 18.4. The van der Waals surface area contributed by atoms with Gasteiger partial charge in [-0.1, -0.05) is 12.1 Å². The molecule has 1 unspecified atom stereocenters. The number of rotatable bonds is 4. The minimum atomic E-state index is -0.581. The summed E-state index contributed by atoms with van der Waals surface area (Å²) in [6.07, 6.45) is 0.501. The largest absolute Gasteiger partial charge is 0.436 e. The van der Waals surface area contributed by atoms with Gasteiger partial charge in [-0.25, -0.2) is 10.5 Å². The number of hydrogen-bond acceptors (Lipinski definition) is 6. The van der Waals surface area contributed by atoms with E-state index in [0.717, 1.165) is 25.2 Å². The molecule has 0 radical (unpaired) electrons. The third kappa shape index (κ3) is 3.91. The molecule has 7 nitrogen and oxygen atoms in total. The van der Waals surface area contributed by atoms with E-state index < -0.39 is 5.91 Å².